The molecule has 0 saturated carbocycles. The van der Waals surface area contributed by atoms with Crippen LogP contribution in [0.4, 0.5) is 0 Å². The number of likely N-dealkylation sites (tertiary alicyclic amines) is 1. The molecule has 1 saturated heterocycles. The third-order valence-electron chi connectivity index (χ3n) is 3.21. The summed E-state index contributed by atoms with van der Waals surface area (Å²) in [5.41, 5.74) is 5.25. The molecule has 0 spiro atoms. The number of nitrogens with two attached hydrogens (primary N) is 1. The summed E-state index contributed by atoms with van der Waals surface area (Å²) >= 11 is 0. The second kappa shape index (κ2) is 7.50. The highest BCUT2D eigenvalue weighted by Crippen LogP contribution is 2.16. The summed E-state index contributed by atoms with van der Waals surface area (Å²) in [7, 11) is 0. The van der Waals surface area contributed by atoms with Crippen molar-refractivity contribution in [2.75, 3.05) is 32.7 Å². The van der Waals surface area contributed by atoms with Gasteiger partial charge in [-0.1, -0.05) is 5.92 Å². The molecule has 1 fully saturated rings. The maximum absolute atomic E-state index is 12.1. The molecule has 0 aromatic rings. The van der Waals surface area contributed by atoms with Crippen molar-refractivity contribution in [3.8, 4) is 12.3 Å². The van der Waals surface area contributed by atoms with Crippen LogP contribution < -0.4 is 5.73 Å². The number of terminal acetylenes is 1. The maximum Gasteiger partial charge on any atom is 0.317 e. The molecule has 1 unspecified atom stereocenters. The van der Waals surface area contributed by atoms with Gasteiger partial charge >= 0.3 is 5.97 Å². The molecule has 0 aromatic heterocycles. The fraction of sp³-hybridized carbons (Fsp3) is 0.615. The molecular formula is C13H19N3O4. The Balaban J connectivity index is 2.57. The predicted octanol–water partition coefficient (Wildman–Crippen LogP) is -1.27. The first kappa shape index (κ1) is 16.0. The van der Waals surface area contributed by atoms with E-state index in [2.05, 4.69) is 5.92 Å². The number of amides is 2. The lowest BCUT2D eigenvalue weighted by molar-refractivity contribution is -0.140. The molecule has 0 aliphatic carbocycles. The van der Waals surface area contributed by atoms with Gasteiger partial charge in [0.2, 0.25) is 11.8 Å². The standard InChI is InChI=1S/C13H19N3O4/c1-2-5-15(9-12(18)19)8-11(17)16-6-3-4-10(7-16)13(14)20/h1,10H,3-9H2,(H2,14,20)(H,18,19). The van der Waals surface area contributed by atoms with Crippen LogP contribution in [0.25, 0.3) is 0 Å². The van der Waals surface area contributed by atoms with Gasteiger partial charge in [-0.3, -0.25) is 19.3 Å². The number of carboxylic acid groups (broad SMARTS) is 1. The van der Waals surface area contributed by atoms with Crippen molar-refractivity contribution in [3.63, 3.8) is 0 Å². The number of hydrogen-bond donors (Lipinski definition) is 2. The third kappa shape index (κ3) is 4.90. The van der Waals surface area contributed by atoms with Crippen molar-refractivity contribution in [1.82, 2.24) is 9.80 Å². The number of rotatable bonds is 6. The van der Waals surface area contributed by atoms with Gasteiger partial charge in [-0.25, -0.2) is 0 Å². The van der Waals surface area contributed by atoms with Crippen molar-refractivity contribution < 1.29 is 19.5 Å². The molecule has 7 heteroatoms. The fourth-order valence-corrected chi connectivity index (χ4v) is 2.22. The van der Waals surface area contributed by atoms with E-state index in [9.17, 15) is 14.4 Å². The monoisotopic (exact) mass is 281 g/mol. The van der Waals surface area contributed by atoms with Crippen LogP contribution in [0, 0.1) is 18.3 Å². The van der Waals surface area contributed by atoms with E-state index in [1.54, 1.807) is 4.90 Å². The van der Waals surface area contributed by atoms with Crippen LogP contribution in [0.15, 0.2) is 0 Å². The smallest absolute Gasteiger partial charge is 0.317 e. The van der Waals surface area contributed by atoms with Crippen molar-refractivity contribution >= 4 is 17.8 Å². The minimum atomic E-state index is -1.04. The summed E-state index contributed by atoms with van der Waals surface area (Å²) in [5, 5.41) is 8.75. The molecule has 1 aliphatic rings. The Morgan fingerprint density at radius 3 is 2.65 bits per heavy atom. The summed E-state index contributed by atoms with van der Waals surface area (Å²) in [4.78, 5) is 36.9. The second-order valence-electron chi connectivity index (χ2n) is 4.82. The van der Waals surface area contributed by atoms with E-state index in [4.69, 9.17) is 17.3 Å². The molecule has 0 bridgehead atoms. The van der Waals surface area contributed by atoms with Crippen LogP contribution in [-0.4, -0.2) is 65.4 Å². The molecule has 0 radical (unpaired) electrons. The summed E-state index contributed by atoms with van der Waals surface area (Å²) in [6.45, 7) is 0.584. The van der Waals surface area contributed by atoms with E-state index in [1.165, 1.54) is 4.90 Å². The molecule has 0 aromatic carbocycles. The molecule has 1 aliphatic heterocycles. The van der Waals surface area contributed by atoms with E-state index in [0.29, 0.717) is 25.9 Å². The number of hydrogen-bond acceptors (Lipinski definition) is 4. The number of carbonyl (C=O) groups is 3. The molecule has 7 nitrogen and oxygen atoms in total. The van der Waals surface area contributed by atoms with Gasteiger partial charge in [-0.2, -0.15) is 0 Å². The number of primary amides is 1. The average molecular weight is 281 g/mol. The highest BCUT2D eigenvalue weighted by atomic mass is 16.4. The lowest BCUT2D eigenvalue weighted by Gasteiger charge is -2.32. The Morgan fingerprint density at radius 1 is 1.40 bits per heavy atom. The first-order chi connectivity index (χ1) is 9.43. The first-order valence-electron chi connectivity index (χ1n) is 6.38. The van der Waals surface area contributed by atoms with Crippen molar-refractivity contribution in [2.45, 2.75) is 12.8 Å². The number of aliphatic carboxylic acids is 1. The quantitative estimate of drug-likeness (QED) is 0.591. The molecule has 1 atom stereocenters. The van der Waals surface area contributed by atoms with E-state index < -0.39 is 11.9 Å². The van der Waals surface area contributed by atoms with Crippen LogP contribution in [0.1, 0.15) is 12.8 Å². The largest absolute Gasteiger partial charge is 0.480 e. The topological polar surface area (TPSA) is 104 Å². The zero-order valence-electron chi connectivity index (χ0n) is 11.2. The van der Waals surface area contributed by atoms with E-state index in [0.717, 1.165) is 0 Å². The second-order valence-corrected chi connectivity index (χ2v) is 4.82. The highest BCUT2D eigenvalue weighted by Gasteiger charge is 2.27. The van der Waals surface area contributed by atoms with Gasteiger partial charge in [0.1, 0.15) is 0 Å². The Bertz CT molecular complexity index is 430. The summed E-state index contributed by atoms with van der Waals surface area (Å²) in [6, 6.07) is 0. The molecule has 3 N–H and O–H groups in total. The zero-order chi connectivity index (χ0) is 15.1. The number of carboxylic acids is 1. The Labute approximate surface area is 117 Å². The number of nitrogens with zero attached hydrogens (tertiary/aromatic N) is 2. The first-order valence-corrected chi connectivity index (χ1v) is 6.38. The Hall–Kier alpha value is -2.07. The van der Waals surface area contributed by atoms with Crippen LogP contribution in [-0.2, 0) is 14.4 Å². The van der Waals surface area contributed by atoms with Crippen molar-refractivity contribution in [2.24, 2.45) is 11.7 Å². The van der Waals surface area contributed by atoms with Crippen molar-refractivity contribution in [3.05, 3.63) is 0 Å². The molecule has 20 heavy (non-hydrogen) atoms. The maximum atomic E-state index is 12.1. The van der Waals surface area contributed by atoms with Gasteiger partial charge in [0.05, 0.1) is 25.6 Å². The predicted molar refractivity (Wildman–Crippen MR) is 71.4 cm³/mol. The highest BCUT2D eigenvalue weighted by molar-refractivity contribution is 5.81. The van der Waals surface area contributed by atoms with Crippen molar-refractivity contribution in [1.29, 1.82) is 0 Å². The van der Waals surface area contributed by atoms with Crippen LogP contribution >= 0.6 is 0 Å². The van der Waals surface area contributed by atoms with Crippen LogP contribution in [0.5, 0.6) is 0 Å². The number of piperidine rings is 1. The van der Waals surface area contributed by atoms with E-state index in [1.807, 2.05) is 0 Å². The van der Waals surface area contributed by atoms with Crippen LogP contribution in [0.3, 0.4) is 0 Å². The number of carbonyl (C=O) groups excluding carboxylic acids is 2. The summed E-state index contributed by atoms with van der Waals surface area (Å²) in [5.74, 6) is 0.322. The third-order valence-corrected chi connectivity index (χ3v) is 3.21. The molecule has 1 heterocycles. The average Bonchev–Trinajstić information content (AvgIpc) is 2.38. The minimum Gasteiger partial charge on any atom is -0.480 e. The molecule has 2 amide bonds. The lowest BCUT2D eigenvalue weighted by atomic mass is 9.97. The minimum absolute atomic E-state index is 0.0675. The normalized spacial score (nSPS) is 18.6. The van der Waals surface area contributed by atoms with Gasteiger partial charge in [0.25, 0.3) is 0 Å². The fourth-order valence-electron chi connectivity index (χ4n) is 2.22. The van der Waals surface area contributed by atoms with Gasteiger partial charge in [0.15, 0.2) is 0 Å². The van der Waals surface area contributed by atoms with Gasteiger partial charge in [0, 0.05) is 13.1 Å². The van der Waals surface area contributed by atoms with Gasteiger partial charge in [-0.05, 0) is 12.8 Å². The van der Waals surface area contributed by atoms with Crippen LogP contribution in [0.2, 0.25) is 0 Å². The summed E-state index contributed by atoms with van der Waals surface area (Å²) < 4.78 is 0. The molecule has 1 rings (SSSR count). The lowest BCUT2D eigenvalue weighted by Crippen LogP contribution is -2.48. The molecular weight excluding hydrogens is 262 g/mol. The SMILES string of the molecule is C#CCN(CC(=O)O)CC(=O)N1CCCC(C(N)=O)C1. The zero-order valence-corrected chi connectivity index (χ0v) is 11.2. The van der Waals surface area contributed by atoms with E-state index >= 15 is 0 Å². The summed E-state index contributed by atoms with van der Waals surface area (Å²) in [6.07, 6.45) is 6.55. The Morgan fingerprint density at radius 2 is 2.10 bits per heavy atom. The molecule has 110 valence electrons. The van der Waals surface area contributed by atoms with Gasteiger partial charge < -0.3 is 15.7 Å². The van der Waals surface area contributed by atoms with Gasteiger partial charge in [-0.15, -0.1) is 6.42 Å². The van der Waals surface area contributed by atoms with E-state index in [-0.39, 0.29) is 31.5 Å². The Kier molecular flexibility index (Phi) is 6.00.